The van der Waals surface area contributed by atoms with Gasteiger partial charge in [-0.25, -0.2) is 0 Å². The number of para-hydroxylation sites is 1. The van der Waals surface area contributed by atoms with Gasteiger partial charge in [0, 0.05) is 53.7 Å². The van der Waals surface area contributed by atoms with E-state index in [0.29, 0.717) is 5.92 Å². The lowest BCUT2D eigenvalue weighted by Gasteiger charge is -2.27. The molecule has 1 aliphatic rings. The summed E-state index contributed by atoms with van der Waals surface area (Å²) in [6, 6.07) is 67.1. The number of fused-ring (bicyclic) bond motifs is 7. The summed E-state index contributed by atoms with van der Waals surface area (Å²) in [5.74, 6) is 0.485. The molecule has 1 unspecified atom stereocenters. The zero-order valence-electron chi connectivity index (χ0n) is 30.4. The fourth-order valence-electron chi connectivity index (χ4n) is 8.92. The highest BCUT2D eigenvalue weighted by atomic mass is 32.1. The molecule has 2 aromatic heterocycles. The van der Waals surface area contributed by atoms with Gasteiger partial charge in [-0.2, -0.15) is 0 Å². The number of nitrogens with zero attached hydrogens (tertiary/aromatic N) is 2. The Bertz CT molecular complexity index is 3060. The highest BCUT2D eigenvalue weighted by Gasteiger charge is 2.22. The van der Waals surface area contributed by atoms with Crippen LogP contribution < -0.4 is 4.90 Å². The van der Waals surface area contributed by atoms with E-state index < -0.39 is 0 Å². The number of hydrogen-bond acceptors (Lipinski definition) is 2. The average molecular weight is 723 g/mol. The standard InChI is InChI=1S/C52H38N2S/c1-2-10-35(11-3-1)36-18-24-41(25-19-36)53(44-30-31-52-48(34-44)46-15-7-9-17-51(46)55-52)42-26-20-37(21-27-42)38-22-28-43(29-23-38)54-49-16-8-6-14-45(49)47-32-39-12-4-5-13-40(39)33-50(47)54/h1-21,24-28,30-34,38H,22-23,29H2. The maximum absolute atomic E-state index is 2.53. The lowest BCUT2D eigenvalue weighted by Crippen LogP contribution is -2.11. The smallest absolute Gasteiger partial charge is 0.0544 e. The first kappa shape index (κ1) is 32.0. The molecule has 0 saturated heterocycles. The molecule has 1 atom stereocenters. The number of anilines is 3. The first-order chi connectivity index (χ1) is 27.2. The Balaban J connectivity index is 0.937. The minimum Gasteiger partial charge on any atom is -0.313 e. The first-order valence-corrected chi connectivity index (χ1v) is 20.2. The van der Waals surface area contributed by atoms with E-state index in [2.05, 4.69) is 198 Å². The van der Waals surface area contributed by atoms with Crippen molar-refractivity contribution in [3.8, 4) is 11.1 Å². The fourth-order valence-corrected chi connectivity index (χ4v) is 10.0. The highest BCUT2D eigenvalue weighted by Crippen LogP contribution is 2.43. The van der Waals surface area contributed by atoms with Crippen molar-refractivity contribution in [1.82, 2.24) is 4.57 Å². The monoisotopic (exact) mass is 722 g/mol. The maximum Gasteiger partial charge on any atom is 0.0544 e. The molecule has 0 fully saturated rings. The topological polar surface area (TPSA) is 8.17 Å². The molecule has 0 radical (unpaired) electrons. The van der Waals surface area contributed by atoms with Crippen molar-refractivity contribution in [2.24, 2.45) is 0 Å². The molecule has 262 valence electrons. The molecule has 1 aliphatic carbocycles. The molecule has 0 aliphatic heterocycles. The van der Waals surface area contributed by atoms with Gasteiger partial charge in [-0.3, -0.25) is 0 Å². The molecule has 0 amide bonds. The summed E-state index contributed by atoms with van der Waals surface area (Å²) in [5.41, 5.74) is 11.4. The number of thiophene rings is 1. The van der Waals surface area contributed by atoms with E-state index in [1.807, 2.05) is 11.3 Å². The molecule has 11 rings (SSSR count). The van der Waals surface area contributed by atoms with Gasteiger partial charge >= 0.3 is 0 Å². The Morgan fingerprint density at radius 2 is 1.11 bits per heavy atom. The van der Waals surface area contributed by atoms with E-state index >= 15 is 0 Å². The van der Waals surface area contributed by atoms with Gasteiger partial charge in [0.05, 0.1) is 11.0 Å². The molecular weight excluding hydrogens is 685 g/mol. The molecule has 0 spiro atoms. The third-order valence-corrected chi connectivity index (χ3v) is 12.8. The van der Waals surface area contributed by atoms with E-state index in [-0.39, 0.29) is 0 Å². The number of aromatic nitrogens is 1. The second-order valence-electron chi connectivity index (χ2n) is 14.9. The molecule has 2 heterocycles. The van der Waals surface area contributed by atoms with Crippen LogP contribution in [0.5, 0.6) is 0 Å². The quantitative estimate of drug-likeness (QED) is 0.166. The minimum atomic E-state index is 0.485. The third kappa shape index (κ3) is 5.54. The van der Waals surface area contributed by atoms with E-state index in [1.165, 1.54) is 86.5 Å². The molecule has 10 aromatic rings. The molecule has 0 N–H and O–H groups in total. The second-order valence-corrected chi connectivity index (χ2v) is 15.9. The van der Waals surface area contributed by atoms with Crippen LogP contribution in [0.4, 0.5) is 17.1 Å². The summed E-state index contributed by atoms with van der Waals surface area (Å²) in [6.07, 6.45) is 5.70. The summed E-state index contributed by atoms with van der Waals surface area (Å²) in [6.45, 7) is 0. The van der Waals surface area contributed by atoms with Gasteiger partial charge in [-0.1, -0.05) is 121 Å². The third-order valence-electron chi connectivity index (χ3n) is 11.7. The zero-order chi connectivity index (χ0) is 36.3. The number of rotatable bonds is 6. The molecule has 2 nitrogen and oxygen atoms in total. The summed E-state index contributed by atoms with van der Waals surface area (Å²) in [4.78, 5) is 2.41. The predicted octanol–water partition coefficient (Wildman–Crippen LogP) is 15.3. The average Bonchev–Trinajstić information content (AvgIpc) is 3.79. The van der Waals surface area contributed by atoms with Crippen LogP contribution in [-0.4, -0.2) is 4.57 Å². The van der Waals surface area contributed by atoms with Crippen molar-refractivity contribution in [1.29, 1.82) is 0 Å². The van der Waals surface area contributed by atoms with Crippen LogP contribution in [-0.2, 0) is 0 Å². The van der Waals surface area contributed by atoms with Crippen LogP contribution in [0, 0.1) is 0 Å². The van der Waals surface area contributed by atoms with Crippen molar-refractivity contribution in [3.05, 3.63) is 194 Å². The van der Waals surface area contributed by atoms with E-state index in [1.54, 1.807) is 0 Å². The van der Waals surface area contributed by atoms with Gasteiger partial charge in [0.1, 0.15) is 0 Å². The molecule has 0 saturated carbocycles. The summed E-state index contributed by atoms with van der Waals surface area (Å²) < 4.78 is 5.18. The van der Waals surface area contributed by atoms with E-state index in [0.717, 1.165) is 24.9 Å². The molecule has 8 aromatic carbocycles. The number of hydrogen-bond donors (Lipinski definition) is 0. The second kappa shape index (κ2) is 13.2. The molecule has 3 heteroatoms. The summed E-state index contributed by atoms with van der Waals surface area (Å²) in [5, 5.41) is 7.87. The Morgan fingerprint density at radius 3 is 1.89 bits per heavy atom. The first-order valence-electron chi connectivity index (χ1n) is 19.3. The largest absolute Gasteiger partial charge is 0.313 e. The van der Waals surface area contributed by atoms with Gasteiger partial charge in [0.15, 0.2) is 0 Å². The Morgan fingerprint density at radius 1 is 0.473 bits per heavy atom. The summed E-state index contributed by atoms with van der Waals surface area (Å²) in [7, 11) is 0. The summed E-state index contributed by atoms with van der Waals surface area (Å²) >= 11 is 1.87. The molecular formula is C52H38N2S. The van der Waals surface area contributed by atoms with Crippen LogP contribution >= 0.6 is 11.3 Å². The van der Waals surface area contributed by atoms with Gasteiger partial charge in [-0.05, 0) is 119 Å². The predicted molar refractivity (Wildman–Crippen MR) is 237 cm³/mol. The van der Waals surface area contributed by atoms with Crippen LogP contribution in [0.1, 0.15) is 30.7 Å². The van der Waals surface area contributed by atoms with Gasteiger partial charge in [-0.15, -0.1) is 11.3 Å². The van der Waals surface area contributed by atoms with Gasteiger partial charge in [0.2, 0.25) is 0 Å². The van der Waals surface area contributed by atoms with Crippen LogP contribution in [0.3, 0.4) is 0 Å². The van der Waals surface area contributed by atoms with Crippen LogP contribution in [0.25, 0.3) is 69.6 Å². The SMILES string of the molecule is C1=C(n2c3ccccc3c3cc4ccccc4cc32)CCC(c2ccc(N(c3ccc(-c4ccccc4)cc3)c3ccc4sc5ccccc5c4c3)cc2)C1. The minimum absolute atomic E-state index is 0.485. The lowest BCUT2D eigenvalue weighted by atomic mass is 9.86. The molecule has 0 bridgehead atoms. The number of allylic oxidation sites excluding steroid dienone is 2. The van der Waals surface area contributed by atoms with E-state index in [9.17, 15) is 0 Å². The number of benzene rings is 8. The van der Waals surface area contributed by atoms with Gasteiger partial charge < -0.3 is 9.47 Å². The Kier molecular flexibility index (Phi) is 7.67. The van der Waals surface area contributed by atoms with Crippen molar-refractivity contribution < 1.29 is 0 Å². The van der Waals surface area contributed by atoms with Crippen molar-refractivity contribution in [3.63, 3.8) is 0 Å². The van der Waals surface area contributed by atoms with Crippen LogP contribution in [0.15, 0.2) is 188 Å². The highest BCUT2D eigenvalue weighted by molar-refractivity contribution is 7.25. The van der Waals surface area contributed by atoms with Crippen molar-refractivity contribution in [2.45, 2.75) is 25.2 Å². The van der Waals surface area contributed by atoms with Crippen molar-refractivity contribution >= 4 is 86.8 Å². The van der Waals surface area contributed by atoms with Crippen LogP contribution in [0.2, 0.25) is 0 Å². The normalized spacial score (nSPS) is 14.6. The zero-order valence-corrected chi connectivity index (χ0v) is 31.2. The molecule has 55 heavy (non-hydrogen) atoms. The Labute approximate surface area is 324 Å². The lowest BCUT2D eigenvalue weighted by molar-refractivity contribution is 0.616. The van der Waals surface area contributed by atoms with Crippen molar-refractivity contribution in [2.75, 3.05) is 4.90 Å². The van der Waals surface area contributed by atoms with E-state index in [4.69, 9.17) is 0 Å². The Hall–Kier alpha value is -6.42. The fraction of sp³-hybridized carbons (Fsp3) is 0.0769. The maximum atomic E-state index is 2.53. The van der Waals surface area contributed by atoms with Gasteiger partial charge in [0.25, 0.3) is 0 Å².